The van der Waals surface area contributed by atoms with Crippen molar-refractivity contribution in [3.63, 3.8) is 0 Å². The fraction of sp³-hybridized carbons (Fsp3) is 0.583. The zero-order valence-electron chi connectivity index (χ0n) is 8.46. The van der Waals surface area contributed by atoms with Crippen molar-refractivity contribution in [1.82, 2.24) is 0 Å². The topological polar surface area (TPSA) is 0 Å². The van der Waals surface area contributed by atoms with Gasteiger partial charge in [0.25, 0.3) is 0 Å². The Kier molecular flexibility index (Phi) is 4.04. The van der Waals surface area contributed by atoms with Crippen molar-refractivity contribution in [3.05, 3.63) is 30.2 Å². The van der Waals surface area contributed by atoms with Crippen LogP contribution in [-0.2, 0) is 26.2 Å². The summed E-state index contributed by atoms with van der Waals surface area (Å²) in [5.41, 5.74) is 1.59. The SMILES string of the molecule is CCC1[CH-]C2=CC=CC(C)C2C1.[Zr]. The van der Waals surface area contributed by atoms with Crippen LogP contribution >= 0.6 is 0 Å². The standard InChI is InChI=1S/C12H17.Zr/c1-3-10-7-11-6-4-5-9(2)12(11)8-10;/h4-7,9-10,12H,3,8H2,1-2H3;/q-1;. The van der Waals surface area contributed by atoms with Crippen molar-refractivity contribution < 1.29 is 26.2 Å². The Hall–Kier alpha value is 0.233. The predicted octanol–water partition coefficient (Wildman–Crippen LogP) is 3.37. The second-order valence-corrected chi connectivity index (χ2v) is 4.09. The summed E-state index contributed by atoms with van der Waals surface area (Å²) in [6, 6.07) is 0. The largest absolute Gasteiger partial charge is 0.224 e. The number of hydrogen-bond donors (Lipinski definition) is 0. The third-order valence-electron chi connectivity index (χ3n) is 3.28. The molecule has 0 saturated heterocycles. The minimum absolute atomic E-state index is 0. The molecule has 1 heteroatoms. The van der Waals surface area contributed by atoms with E-state index in [1.54, 1.807) is 5.57 Å². The molecule has 0 aliphatic heterocycles. The maximum atomic E-state index is 2.48. The Labute approximate surface area is 101 Å². The zero-order chi connectivity index (χ0) is 8.55. The summed E-state index contributed by atoms with van der Waals surface area (Å²) < 4.78 is 0. The summed E-state index contributed by atoms with van der Waals surface area (Å²) in [5, 5.41) is 0. The van der Waals surface area contributed by atoms with Crippen molar-refractivity contribution >= 4 is 0 Å². The normalized spacial score (nSPS) is 35.8. The van der Waals surface area contributed by atoms with Gasteiger partial charge < -0.3 is 0 Å². The first-order valence-corrected chi connectivity index (χ1v) is 5.04. The van der Waals surface area contributed by atoms with Crippen molar-refractivity contribution in [3.8, 4) is 0 Å². The summed E-state index contributed by atoms with van der Waals surface area (Å²) in [7, 11) is 0. The first-order valence-electron chi connectivity index (χ1n) is 5.04. The Morgan fingerprint density at radius 2 is 2.31 bits per heavy atom. The van der Waals surface area contributed by atoms with Crippen LogP contribution in [0, 0.1) is 24.2 Å². The summed E-state index contributed by atoms with van der Waals surface area (Å²) in [6.07, 6.45) is 12.0. The Balaban J connectivity index is 0.000000845. The monoisotopic (exact) mass is 251 g/mol. The van der Waals surface area contributed by atoms with Crippen LogP contribution in [0.4, 0.5) is 0 Å². The quantitative estimate of drug-likeness (QED) is 0.628. The summed E-state index contributed by atoms with van der Waals surface area (Å²) in [5.74, 6) is 2.45. The molecule has 0 nitrogen and oxygen atoms in total. The summed E-state index contributed by atoms with van der Waals surface area (Å²) in [4.78, 5) is 0. The maximum absolute atomic E-state index is 2.48. The molecule has 2 aliphatic carbocycles. The van der Waals surface area contributed by atoms with E-state index >= 15 is 0 Å². The zero-order valence-corrected chi connectivity index (χ0v) is 10.9. The van der Waals surface area contributed by atoms with E-state index in [-0.39, 0.29) is 26.2 Å². The molecule has 1 fully saturated rings. The molecule has 0 aromatic heterocycles. The minimum atomic E-state index is 0. The van der Waals surface area contributed by atoms with Gasteiger partial charge in [0.2, 0.25) is 0 Å². The second-order valence-electron chi connectivity index (χ2n) is 4.09. The average molecular weight is 252 g/mol. The van der Waals surface area contributed by atoms with Gasteiger partial charge in [-0.3, -0.25) is 0 Å². The molecular formula is C12H17Zr-. The Morgan fingerprint density at radius 3 is 2.92 bits per heavy atom. The molecule has 0 radical (unpaired) electrons. The molecule has 0 aromatic carbocycles. The molecule has 2 rings (SSSR count). The third-order valence-corrected chi connectivity index (χ3v) is 3.28. The molecule has 0 N–H and O–H groups in total. The van der Waals surface area contributed by atoms with Crippen LogP contribution in [0.15, 0.2) is 23.8 Å². The summed E-state index contributed by atoms with van der Waals surface area (Å²) in [6.45, 7) is 4.62. The molecule has 3 unspecified atom stereocenters. The first kappa shape index (κ1) is 11.3. The van der Waals surface area contributed by atoms with Crippen molar-refractivity contribution in [1.29, 1.82) is 0 Å². The molecule has 2 aliphatic rings. The van der Waals surface area contributed by atoms with Gasteiger partial charge in [-0.1, -0.05) is 38.7 Å². The van der Waals surface area contributed by atoms with Gasteiger partial charge in [-0.25, -0.2) is 18.1 Å². The molecule has 3 atom stereocenters. The van der Waals surface area contributed by atoms with Crippen molar-refractivity contribution in [2.24, 2.45) is 17.8 Å². The molecular weight excluding hydrogens is 235 g/mol. The van der Waals surface area contributed by atoms with Crippen LogP contribution in [-0.4, -0.2) is 0 Å². The molecule has 0 bridgehead atoms. The van der Waals surface area contributed by atoms with E-state index in [0.29, 0.717) is 0 Å². The third kappa shape index (κ3) is 2.18. The number of allylic oxidation sites excluding steroid dienone is 4. The smallest absolute Gasteiger partial charge is 0 e. The van der Waals surface area contributed by atoms with Crippen LogP contribution in [0.2, 0.25) is 0 Å². The van der Waals surface area contributed by atoms with Crippen LogP contribution in [0.1, 0.15) is 26.7 Å². The minimum Gasteiger partial charge on any atom is -0.224 e. The summed E-state index contributed by atoms with van der Waals surface area (Å²) >= 11 is 0. The molecule has 0 heterocycles. The average Bonchev–Trinajstić information content (AvgIpc) is 2.49. The number of rotatable bonds is 1. The molecule has 0 aromatic rings. The Bertz CT molecular complexity index is 227. The van der Waals surface area contributed by atoms with Gasteiger partial charge in [-0.15, -0.1) is 6.08 Å². The van der Waals surface area contributed by atoms with E-state index in [4.69, 9.17) is 0 Å². The van der Waals surface area contributed by atoms with Gasteiger partial charge >= 0.3 is 0 Å². The van der Waals surface area contributed by atoms with Crippen molar-refractivity contribution in [2.75, 3.05) is 0 Å². The second kappa shape index (κ2) is 4.64. The van der Waals surface area contributed by atoms with Crippen LogP contribution < -0.4 is 0 Å². The van der Waals surface area contributed by atoms with Crippen molar-refractivity contribution in [2.45, 2.75) is 26.7 Å². The van der Waals surface area contributed by atoms with E-state index in [1.165, 1.54) is 12.8 Å². The maximum Gasteiger partial charge on any atom is 0 e. The fourth-order valence-electron chi connectivity index (χ4n) is 2.38. The molecule has 0 spiro atoms. The fourth-order valence-corrected chi connectivity index (χ4v) is 2.38. The number of fused-ring (bicyclic) bond motifs is 1. The van der Waals surface area contributed by atoms with Gasteiger partial charge in [-0.2, -0.15) is 0 Å². The molecule has 70 valence electrons. The van der Waals surface area contributed by atoms with Crippen LogP contribution in [0.25, 0.3) is 0 Å². The van der Waals surface area contributed by atoms with E-state index in [9.17, 15) is 0 Å². The van der Waals surface area contributed by atoms with Crippen LogP contribution in [0.3, 0.4) is 0 Å². The van der Waals surface area contributed by atoms with Gasteiger partial charge in [0.1, 0.15) is 0 Å². The van der Waals surface area contributed by atoms with Gasteiger partial charge in [0, 0.05) is 26.2 Å². The van der Waals surface area contributed by atoms with Crippen LogP contribution in [0.5, 0.6) is 0 Å². The van der Waals surface area contributed by atoms with Gasteiger partial charge in [0.05, 0.1) is 0 Å². The van der Waals surface area contributed by atoms with Gasteiger partial charge in [0.15, 0.2) is 0 Å². The Morgan fingerprint density at radius 1 is 1.54 bits per heavy atom. The predicted molar refractivity (Wildman–Crippen MR) is 52.6 cm³/mol. The molecule has 1 saturated carbocycles. The number of hydrogen-bond acceptors (Lipinski definition) is 0. The van der Waals surface area contributed by atoms with Gasteiger partial charge in [-0.05, 0) is 11.8 Å². The first-order chi connectivity index (χ1) is 5.81. The van der Waals surface area contributed by atoms with E-state index in [0.717, 1.165) is 17.8 Å². The molecule has 0 amide bonds. The van der Waals surface area contributed by atoms with E-state index < -0.39 is 0 Å². The molecule has 13 heavy (non-hydrogen) atoms. The van der Waals surface area contributed by atoms with E-state index in [1.807, 2.05) is 0 Å². The van der Waals surface area contributed by atoms with E-state index in [2.05, 4.69) is 38.5 Å².